The maximum absolute atomic E-state index is 13.5. The second kappa shape index (κ2) is 12.1. The minimum absolute atomic E-state index is 0.0174. The predicted octanol–water partition coefficient (Wildman–Crippen LogP) is 2.80. The lowest BCUT2D eigenvalue weighted by Crippen LogP contribution is -2.56. The molecule has 4 unspecified atom stereocenters. The number of rotatable bonds is 9. The average Bonchev–Trinajstić information content (AvgIpc) is 3.31. The summed E-state index contributed by atoms with van der Waals surface area (Å²) in [5.74, 6) is -1.15. The molecule has 2 amide bonds. The van der Waals surface area contributed by atoms with E-state index < -0.39 is 36.0 Å². The first-order chi connectivity index (χ1) is 18.6. The van der Waals surface area contributed by atoms with Crippen LogP contribution in [0.15, 0.2) is 42.0 Å². The molecule has 1 heterocycles. The smallest absolute Gasteiger partial charge is 0.247 e. The quantitative estimate of drug-likeness (QED) is 0.360. The molecule has 4 atom stereocenters. The summed E-state index contributed by atoms with van der Waals surface area (Å²) in [6.45, 7) is 3.04. The lowest BCUT2D eigenvalue weighted by Gasteiger charge is -2.41. The van der Waals surface area contributed by atoms with Crippen molar-refractivity contribution in [3.05, 3.63) is 68.7 Å². The highest BCUT2D eigenvalue weighted by Crippen LogP contribution is 2.51. The molecule has 0 aromatic heterocycles. The molecule has 0 saturated carbocycles. The first-order valence-corrected chi connectivity index (χ1v) is 13.4. The topological polar surface area (TPSA) is 129 Å². The summed E-state index contributed by atoms with van der Waals surface area (Å²) in [5.41, 5.74) is 2.02. The third-order valence-corrected chi connectivity index (χ3v) is 7.57. The molecule has 0 fully saturated rings. The van der Waals surface area contributed by atoms with Gasteiger partial charge in [-0.3, -0.25) is 9.59 Å². The van der Waals surface area contributed by atoms with Crippen molar-refractivity contribution in [2.24, 2.45) is 5.92 Å². The third kappa shape index (κ3) is 5.73. The van der Waals surface area contributed by atoms with E-state index in [-0.39, 0.29) is 37.8 Å². The zero-order chi connectivity index (χ0) is 28.4. The van der Waals surface area contributed by atoms with Crippen LogP contribution in [0.4, 0.5) is 0 Å². The lowest BCUT2D eigenvalue weighted by molar-refractivity contribution is -0.141. The number of hydrogen-bond donors (Lipinski definition) is 4. The van der Waals surface area contributed by atoms with Crippen LogP contribution in [-0.2, 0) is 22.7 Å². The van der Waals surface area contributed by atoms with Crippen molar-refractivity contribution in [1.82, 2.24) is 10.2 Å². The van der Waals surface area contributed by atoms with E-state index in [1.807, 2.05) is 0 Å². The molecular weight excluding hydrogens is 547 g/mol. The van der Waals surface area contributed by atoms with Crippen molar-refractivity contribution < 1.29 is 34.4 Å². The zero-order valence-corrected chi connectivity index (χ0v) is 23.4. The molecular formula is C28H32Cl2N2O7. The number of carbonyl (C=O) groups is 2. The second-order valence-electron chi connectivity index (χ2n) is 9.87. The van der Waals surface area contributed by atoms with Crippen LogP contribution in [0.3, 0.4) is 0 Å². The van der Waals surface area contributed by atoms with Gasteiger partial charge in [-0.05, 0) is 41.5 Å². The normalized spacial score (nSPS) is 21.5. The summed E-state index contributed by atoms with van der Waals surface area (Å²) in [6, 6.07) is 7.36. The van der Waals surface area contributed by atoms with Crippen LogP contribution < -0.4 is 14.8 Å². The number of ether oxygens (including phenoxy) is 2. The monoisotopic (exact) mass is 578 g/mol. The number of hydrogen-bond acceptors (Lipinski definition) is 7. The van der Waals surface area contributed by atoms with E-state index in [1.165, 1.54) is 12.0 Å². The number of nitrogens with one attached hydrogen (secondary N) is 1. The van der Waals surface area contributed by atoms with E-state index in [9.17, 15) is 24.9 Å². The first kappa shape index (κ1) is 29.2. The van der Waals surface area contributed by atoms with Gasteiger partial charge in [-0.25, -0.2) is 0 Å². The predicted molar refractivity (Wildman–Crippen MR) is 146 cm³/mol. The number of fused-ring (bicyclic) bond motifs is 3. The Bertz CT molecular complexity index is 1280. The van der Waals surface area contributed by atoms with E-state index in [1.54, 1.807) is 50.3 Å². The van der Waals surface area contributed by atoms with Gasteiger partial charge in [0.1, 0.15) is 12.2 Å². The number of amides is 2. The summed E-state index contributed by atoms with van der Waals surface area (Å²) in [5, 5.41) is 34.3. The number of methoxy groups -OCH3 is 1. The maximum atomic E-state index is 13.5. The van der Waals surface area contributed by atoms with Gasteiger partial charge in [0.15, 0.2) is 11.5 Å². The van der Waals surface area contributed by atoms with E-state index in [4.69, 9.17) is 32.7 Å². The standard InChI is InChI=1S/C28H32Cl2N2O7/c1-14(2)28(37)32(12-16-4-5-17(29)10-20(16)30)21-11-19(27(36)31-6-7-33)23-18-8-15(13-34)9-22(38-3)25(18)39-26(23)24(21)35/h4-5,8-11,14,21,23-24,26,33-35H,6-7,12-13H2,1-3H3,(H,31,36). The molecule has 2 aromatic rings. The Morgan fingerprint density at radius 1 is 1.18 bits per heavy atom. The Balaban J connectivity index is 1.84. The molecule has 39 heavy (non-hydrogen) atoms. The van der Waals surface area contributed by atoms with Gasteiger partial charge < -0.3 is 35.0 Å². The van der Waals surface area contributed by atoms with Crippen LogP contribution in [-0.4, -0.2) is 70.5 Å². The molecule has 9 nitrogen and oxygen atoms in total. The van der Waals surface area contributed by atoms with Crippen molar-refractivity contribution >= 4 is 35.0 Å². The molecule has 4 rings (SSSR count). The number of nitrogens with zero attached hydrogens (tertiary/aromatic N) is 1. The van der Waals surface area contributed by atoms with Gasteiger partial charge in [-0.15, -0.1) is 0 Å². The largest absolute Gasteiger partial charge is 0.493 e. The highest BCUT2D eigenvalue weighted by molar-refractivity contribution is 6.35. The van der Waals surface area contributed by atoms with Crippen molar-refractivity contribution in [2.75, 3.05) is 20.3 Å². The fourth-order valence-corrected chi connectivity index (χ4v) is 5.58. The summed E-state index contributed by atoms with van der Waals surface area (Å²) >= 11 is 12.5. The molecule has 2 aromatic carbocycles. The van der Waals surface area contributed by atoms with Gasteiger partial charge in [0, 0.05) is 40.2 Å². The van der Waals surface area contributed by atoms with Gasteiger partial charge in [-0.2, -0.15) is 0 Å². The van der Waals surface area contributed by atoms with E-state index in [0.717, 1.165) is 0 Å². The number of benzene rings is 2. The summed E-state index contributed by atoms with van der Waals surface area (Å²) < 4.78 is 11.7. The van der Waals surface area contributed by atoms with Gasteiger partial charge in [0.05, 0.1) is 32.3 Å². The minimum atomic E-state index is -1.23. The molecule has 0 saturated heterocycles. The Labute approximate surface area is 236 Å². The van der Waals surface area contributed by atoms with Crippen LogP contribution in [0.1, 0.15) is 36.5 Å². The van der Waals surface area contributed by atoms with Crippen molar-refractivity contribution in [3.63, 3.8) is 0 Å². The average molecular weight is 579 g/mol. The second-order valence-corrected chi connectivity index (χ2v) is 10.7. The number of aliphatic hydroxyl groups excluding tert-OH is 3. The zero-order valence-electron chi connectivity index (χ0n) is 21.9. The van der Waals surface area contributed by atoms with Crippen LogP contribution in [0.5, 0.6) is 11.5 Å². The third-order valence-electron chi connectivity index (χ3n) is 6.99. The van der Waals surface area contributed by atoms with E-state index in [2.05, 4.69) is 5.32 Å². The van der Waals surface area contributed by atoms with E-state index >= 15 is 0 Å². The molecule has 0 spiro atoms. The maximum Gasteiger partial charge on any atom is 0.247 e. The van der Waals surface area contributed by atoms with Crippen LogP contribution in [0.2, 0.25) is 10.0 Å². The fraction of sp³-hybridized carbons (Fsp3) is 0.429. The summed E-state index contributed by atoms with van der Waals surface area (Å²) in [7, 11) is 1.46. The van der Waals surface area contributed by atoms with Crippen LogP contribution in [0.25, 0.3) is 0 Å². The Morgan fingerprint density at radius 2 is 1.92 bits per heavy atom. The number of halogens is 2. The Hall–Kier alpha value is -2.82. The molecule has 11 heteroatoms. The highest BCUT2D eigenvalue weighted by Gasteiger charge is 2.51. The van der Waals surface area contributed by atoms with Crippen molar-refractivity contribution in [1.29, 1.82) is 0 Å². The first-order valence-electron chi connectivity index (χ1n) is 12.6. The summed E-state index contributed by atoms with van der Waals surface area (Å²) in [6.07, 6.45) is -0.581. The van der Waals surface area contributed by atoms with Gasteiger partial charge in [0.25, 0.3) is 0 Å². The van der Waals surface area contributed by atoms with E-state index in [0.29, 0.717) is 38.2 Å². The molecule has 1 aliphatic carbocycles. The molecule has 2 aliphatic rings. The highest BCUT2D eigenvalue weighted by atomic mass is 35.5. The van der Waals surface area contributed by atoms with Crippen LogP contribution in [0, 0.1) is 5.92 Å². The van der Waals surface area contributed by atoms with Gasteiger partial charge in [-0.1, -0.05) is 43.1 Å². The molecule has 0 radical (unpaired) electrons. The van der Waals surface area contributed by atoms with Crippen molar-refractivity contribution in [3.8, 4) is 11.5 Å². The number of carbonyl (C=O) groups excluding carboxylic acids is 2. The fourth-order valence-electron chi connectivity index (χ4n) is 5.11. The molecule has 0 bridgehead atoms. The molecule has 210 valence electrons. The van der Waals surface area contributed by atoms with Gasteiger partial charge in [0.2, 0.25) is 11.8 Å². The minimum Gasteiger partial charge on any atom is -0.493 e. The van der Waals surface area contributed by atoms with Crippen molar-refractivity contribution in [2.45, 2.75) is 51.2 Å². The van der Waals surface area contributed by atoms with Gasteiger partial charge >= 0.3 is 0 Å². The Morgan fingerprint density at radius 3 is 2.54 bits per heavy atom. The molecule has 1 aliphatic heterocycles. The SMILES string of the molecule is COc1cc(CO)cc2c1OC1C2C(C(=O)NCCO)=CC(N(Cc2ccc(Cl)cc2Cl)C(=O)C(C)C)C1O. The Kier molecular flexibility index (Phi) is 9.08. The summed E-state index contributed by atoms with van der Waals surface area (Å²) in [4.78, 5) is 28.4. The van der Waals surface area contributed by atoms with Crippen LogP contribution >= 0.6 is 23.2 Å². The molecule has 4 N–H and O–H groups in total. The lowest BCUT2D eigenvalue weighted by atomic mass is 9.77. The number of aliphatic hydroxyl groups is 3.